The topological polar surface area (TPSA) is 64.7 Å². The third-order valence-electron chi connectivity index (χ3n) is 5.59. The quantitative estimate of drug-likeness (QED) is 0.364. The van der Waals surface area contributed by atoms with Crippen molar-refractivity contribution < 1.29 is 14.6 Å². The molecule has 0 saturated carbocycles. The van der Waals surface area contributed by atoms with Gasteiger partial charge in [0.1, 0.15) is 0 Å². The molecule has 0 amide bonds. The average Bonchev–Trinajstić information content (AvgIpc) is 2.70. The van der Waals surface area contributed by atoms with Crippen LogP contribution in [0.25, 0.3) is 0 Å². The van der Waals surface area contributed by atoms with Gasteiger partial charge in [0.25, 0.3) is 0 Å². The molecule has 1 atom stereocenters. The van der Waals surface area contributed by atoms with Gasteiger partial charge in [-0.25, -0.2) is 0 Å². The van der Waals surface area contributed by atoms with Crippen molar-refractivity contribution in [3.8, 4) is 11.5 Å². The molecule has 1 aromatic carbocycles. The van der Waals surface area contributed by atoms with Crippen LogP contribution < -0.4 is 15.2 Å². The first-order valence-electron chi connectivity index (χ1n) is 11.1. The van der Waals surface area contributed by atoms with E-state index < -0.39 is 5.54 Å². The Bertz CT molecular complexity index is 527. The molecule has 4 nitrogen and oxygen atoms in total. The molecular weight excluding hydrogens is 350 g/mol. The van der Waals surface area contributed by atoms with Gasteiger partial charge in [0.15, 0.2) is 11.5 Å². The summed E-state index contributed by atoms with van der Waals surface area (Å²) in [6.07, 6.45) is 11.3. The molecule has 1 rings (SSSR count). The lowest BCUT2D eigenvalue weighted by molar-refractivity contribution is 0.183. The minimum Gasteiger partial charge on any atom is -0.493 e. The molecule has 0 heterocycles. The molecule has 0 radical (unpaired) electrons. The zero-order chi connectivity index (χ0) is 20.8. The lowest BCUT2D eigenvalue weighted by Gasteiger charge is -2.25. The molecule has 0 aliphatic rings. The molecule has 0 bridgehead atoms. The van der Waals surface area contributed by atoms with Gasteiger partial charge in [-0.05, 0) is 49.3 Å². The maximum absolute atomic E-state index is 9.46. The van der Waals surface area contributed by atoms with Crippen LogP contribution in [-0.4, -0.2) is 31.0 Å². The Labute approximate surface area is 172 Å². The van der Waals surface area contributed by atoms with Gasteiger partial charge in [-0.15, -0.1) is 0 Å². The summed E-state index contributed by atoms with van der Waals surface area (Å²) in [5.41, 5.74) is 6.84. The second-order valence-corrected chi connectivity index (χ2v) is 8.51. The molecule has 4 heteroatoms. The summed E-state index contributed by atoms with van der Waals surface area (Å²) in [6.45, 7) is 7.35. The minimum absolute atomic E-state index is 0.0134. The molecule has 28 heavy (non-hydrogen) atoms. The van der Waals surface area contributed by atoms with Gasteiger partial charge in [0.05, 0.1) is 20.3 Å². The van der Waals surface area contributed by atoms with Crippen molar-refractivity contribution in [2.45, 2.75) is 90.5 Å². The van der Waals surface area contributed by atoms with Crippen LogP contribution in [0.1, 0.15) is 84.1 Å². The maximum Gasteiger partial charge on any atom is 0.161 e. The smallest absolute Gasteiger partial charge is 0.161 e. The van der Waals surface area contributed by atoms with Crippen molar-refractivity contribution >= 4 is 0 Å². The van der Waals surface area contributed by atoms with Crippen LogP contribution in [0.5, 0.6) is 11.5 Å². The fourth-order valence-electron chi connectivity index (χ4n) is 3.29. The van der Waals surface area contributed by atoms with Gasteiger partial charge in [0, 0.05) is 5.54 Å². The normalized spacial score (nSPS) is 13.5. The van der Waals surface area contributed by atoms with Crippen molar-refractivity contribution in [1.29, 1.82) is 0 Å². The highest BCUT2D eigenvalue weighted by Gasteiger charge is 2.21. The summed E-state index contributed by atoms with van der Waals surface area (Å²) in [5.74, 6) is 2.41. The van der Waals surface area contributed by atoms with Gasteiger partial charge in [0.2, 0.25) is 0 Å². The summed E-state index contributed by atoms with van der Waals surface area (Å²) < 4.78 is 11.4. The van der Waals surface area contributed by atoms with Crippen LogP contribution in [0, 0.1) is 5.92 Å². The van der Waals surface area contributed by atoms with Crippen LogP contribution in [0.4, 0.5) is 0 Å². The third-order valence-corrected chi connectivity index (χ3v) is 5.59. The van der Waals surface area contributed by atoms with E-state index in [-0.39, 0.29) is 6.61 Å². The molecule has 0 aromatic heterocycles. The standard InChI is InChI=1S/C24H43NO3/c1-5-24(25,19-26)16-15-21-13-14-22(23(18-21)27-4)28-17-11-9-7-6-8-10-12-20(2)3/h13-14,18,20,26H,5-12,15-17,19,25H2,1-4H3. The second kappa shape index (κ2) is 13.8. The van der Waals surface area contributed by atoms with E-state index in [2.05, 4.69) is 19.9 Å². The van der Waals surface area contributed by atoms with E-state index in [1.807, 2.05) is 19.1 Å². The molecule has 3 N–H and O–H groups in total. The summed E-state index contributed by atoms with van der Waals surface area (Å²) >= 11 is 0. The molecule has 162 valence electrons. The first-order chi connectivity index (χ1) is 13.4. The molecule has 0 fully saturated rings. The Morgan fingerprint density at radius 1 is 1.04 bits per heavy atom. The zero-order valence-corrected chi connectivity index (χ0v) is 18.6. The fraction of sp³-hybridized carbons (Fsp3) is 0.750. The minimum atomic E-state index is -0.503. The first kappa shape index (κ1) is 24.8. The number of nitrogens with two attached hydrogens (primary N) is 1. The Morgan fingerprint density at radius 3 is 2.32 bits per heavy atom. The van der Waals surface area contributed by atoms with Crippen molar-refractivity contribution in [2.24, 2.45) is 11.7 Å². The van der Waals surface area contributed by atoms with Crippen LogP contribution in [0.3, 0.4) is 0 Å². The van der Waals surface area contributed by atoms with E-state index >= 15 is 0 Å². The van der Waals surface area contributed by atoms with Crippen LogP contribution >= 0.6 is 0 Å². The summed E-state index contributed by atoms with van der Waals surface area (Å²) in [4.78, 5) is 0. The lowest BCUT2D eigenvalue weighted by atomic mass is 9.90. The van der Waals surface area contributed by atoms with E-state index in [9.17, 15) is 5.11 Å². The lowest BCUT2D eigenvalue weighted by Crippen LogP contribution is -2.43. The van der Waals surface area contributed by atoms with Gasteiger partial charge in [-0.2, -0.15) is 0 Å². The summed E-state index contributed by atoms with van der Waals surface area (Å²) in [5, 5.41) is 9.46. The number of aryl methyl sites for hydroxylation is 1. The highest BCUT2D eigenvalue weighted by molar-refractivity contribution is 5.43. The molecule has 0 spiro atoms. The zero-order valence-electron chi connectivity index (χ0n) is 18.6. The number of ether oxygens (including phenoxy) is 2. The number of hydrogen-bond donors (Lipinski definition) is 2. The largest absolute Gasteiger partial charge is 0.493 e. The Kier molecular flexibility index (Phi) is 12.2. The fourth-order valence-corrected chi connectivity index (χ4v) is 3.29. The van der Waals surface area contributed by atoms with Crippen molar-refractivity contribution in [1.82, 2.24) is 0 Å². The van der Waals surface area contributed by atoms with Crippen LogP contribution in [0.15, 0.2) is 18.2 Å². The van der Waals surface area contributed by atoms with Gasteiger partial charge < -0.3 is 20.3 Å². The predicted molar refractivity (Wildman–Crippen MR) is 118 cm³/mol. The van der Waals surface area contributed by atoms with E-state index in [4.69, 9.17) is 15.2 Å². The molecule has 1 unspecified atom stereocenters. The Balaban J connectivity index is 2.32. The van der Waals surface area contributed by atoms with Crippen LogP contribution in [0.2, 0.25) is 0 Å². The summed E-state index contributed by atoms with van der Waals surface area (Å²) in [7, 11) is 1.68. The van der Waals surface area contributed by atoms with Crippen LogP contribution in [-0.2, 0) is 6.42 Å². The van der Waals surface area contributed by atoms with Gasteiger partial charge in [-0.3, -0.25) is 0 Å². The number of rotatable bonds is 16. The number of benzene rings is 1. The highest BCUT2D eigenvalue weighted by Crippen LogP contribution is 2.29. The molecular formula is C24H43NO3. The Morgan fingerprint density at radius 2 is 1.71 bits per heavy atom. The highest BCUT2D eigenvalue weighted by atomic mass is 16.5. The molecule has 0 aliphatic carbocycles. The number of methoxy groups -OCH3 is 1. The van der Waals surface area contributed by atoms with E-state index in [1.165, 1.54) is 38.5 Å². The molecule has 0 aliphatic heterocycles. The van der Waals surface area contributed by atoms with E-state index in [1.54, 1.807) is 7.11 Å². The number of aliphatic hydroxyl groups excluding tert-OH is 1. The SMILES string of the molecule is CCC(N)(CO)CCc1ccc(OCCCCCCCCC(C)C)c(OC)c1. The van der Waals surface area contributed by atoms with Gasteiger partial charge in [-0.1, -0.05) is 65.4 Å². The monoisotopic (exact) mass is 393 g/mol. The third kappa shape index (κ3) is 9.79. The first-order valence-corrected chi connectivity index (χ1v) is 11.1. The molecule has 0 saturated heterocycles. The maximum atomic E-state index is 9.46. The van der Waals surface area contributed by atoms with Crippen molar-refractivity contribution in [3.63, 3.8) is 0 Å². The van der Waals surface area contributed by atoms with E-state index in [0.717, 1.165) is 55.3 Å². The second-order valence-electron chi connectivity index (χ2n) is 8.51. The number of hydrogen-bond acceptors (Lipinski definition) is 4. The number of unbranched alkanes of at least 4 members (excludes halogenated alkanes) is 5. The Hall–Kier alpha value is -1.26. The number of aliphatic hydroxyl groups is 1. The van der Waals surface area contributed by atoms with E-state index in [0.29, 0.717) is 0 Å². The summed E-state index contributed by atoms with van der Waals surface area (Å²) in [6, 6.07) is 6.08. The average molecular weight is 394 g/mol. The molecule has 1 aromatic rings. The van der Waals surface area contributed by atoms with Crippen molar-refractivity contribution in [2.75, 3.05) is 20.3 Å². The van der Waals surface area contributed by atoms with Crippen molar-refractivity contribution in [3.05, 3.63) is 23.8 Å². The van der Waals surface area contributed by atoms with Gasteiger partial charge >= 0.3 is 0 Å². The predicted octanol–water partition coefficient (Wildman–Crippen LogP) is 5.49.